The van der Waals surface area contributed by atoms with Crippen LogP contribution in [0.2, 0.25) is 0 Å². The van der Waals surface area contributed by atoms with E-state index in [-0.39, 0.29) is 58.6 Å². The van der Waals surface area contributed by atoms with Gasteiger partial charge in [-0.25, -0.2) is 0 Å². The second-order valence-electron chi connectivity index (χ2n) is 6.06. The molecule has 2 atom stereocenters. The van der Waals surface area contributed by atoms with Gasteiger partial charge in [-0.15, -0.1) is 60.3 Å². The van der Waals surface area contributed by atoms with Crippen molar-refractivity contribution in [2.75, 3.05) is 13.3 Å². The Kier molecular flexibility index (Phi) is 11.8. The summed E-state index contributed by atoms with van der Waals surface area (Å²) in [5.41, 5.74) is 0. The van der Waals surface area contributed by atoms with Crippen molar-refractivity contribution in [3.63, 3.8) is 0 Å². The van der Waals surface area contributed by atoms with Crippen molar-refractivity contribution < 1.29 is 50.7 Å². The van der Waals surface area contributed by atoms with E-state index in [1.165, 1.54) is 28.9 Å². The molecule has 2 aromatic carbocycles. The van der Waals surface area contributed by atoms with E-state index >= 15 is 0 Å². The van der Waals surface area contributed by atoms with Gasteiger partial charge in [0.2, 0.25) is 0 Å². The fourth-order valence-corrected chi connectivity index (χ4v) is 3.88. The van der Waals surface area contributed by atoms with Gasteiger partial charge in [-0.1, -0.05) is 30.7 Å². The van der Waals surface area contributed by atoms with Gasteiger partial charge in [-0.2, -0.15) is 12.5 Å². The molecule has 24 heavy (non-hydrogen) atoms. The molecule has 0 heterocycles. The average molecular weight is 544 g/mol. The molecule has 0 spiro atoms. The van der Waals surface area contributed by atoms with Crippen LogP contribution in [0.5, 0.6) is 0 Å². The molecular formula is C20H23Cl2HfP. The van der Waals surface area contributed by atoms with E-state index < -0.39 is 0 Å². The van der Waals surface area contributed by atoms with E-state index in [2.05, 4.69) is 80.5 Å². The average Bonchev–Trinajstić information content (AvgIpc) is 3.14. The molecule has 0 N–H and O–H groups in total. The summed E-state index contributed by atoms with van der Waals surface area (Å²) in [6, 6.07) is 13.2. The fraction of sp³-hybridized carbons (Fsp3) is 0.300. The number of halogens is 2. The normalized spacial score (nSPS) is 20.3. The van der Waals surface area contributed by atoms with Crippen molar-refractivity contribution in [1.82, 2.24) is 0 Å². The standard InChI is InChI=1S/C11H12P.C9H11.2ClH.Hf/c1-12(2)11-7-9-5-3-4-6-10(9)8-11;1-2-5-9-7-3-6-8(9)4-1;;;/h3-8H,1-2H3;1-2,4-6,8-9H,3,7H2;2*1H;/q2*-1;;;+4/p-2. The molecule has 0 saturated heterocycles. The van der Waals surface area contributed by atoms with E-state index in [9.17, 15) is 0 Å². The van der Waals surface area contributed by atoms with E-state index in [4.69, 9.17) is 0 Å². The van der Waals surface area contributed by atoms with Gasteiger partial charge in [0.1, 0.15) is 0 Å². The van der Waals surface area contributed by atoms with Gasteiger partial charge < -0.3 is 31.2 Å². The van der Waals surface area contributed by atoms with E-state index in [0.717, 1.165) is 11.8 Å². The Labute approximate surface area is 178 Å². The third-order valence-corrected chi connectivity index (χ3v) is 5.65. The molecule has 2 aliphatic rings. The Morgan fingerprint density at radius 1 is 1.04 bits per heavy atom. The smallest absolute Gasteiger partial charge is 1.00 e. The van der Waals surface area contributed by atoms with Crippen molar-refractivity contribution in [3.05, 3.63) is 67.1 Å². The molecule has 1 fully saturated rings. The molecular weight excluding hydrogens is 521 g/mol. The summed E-state index contributed by atoms with van der Waals surface area (Å²) in [6.07, 6.45) is 14.1. The van der Waals surface area contributed by atoms with Gasteiger partial charge in [0, 0.05) is 0 Å². The first kappa shape index (κ1) is 24.2. The van der Waals surface area contributed by atoms with Gasteiger partial charge in [-0.05, 0) is 19.2 Å². The number of fused-ring (bicyclic) bond motifs is 2. The molecule has 0 radical (unpaired) electrons. The molecule has 0 nitrogen and oxygen atoms in total. The van der Waals surface area contributed by atoms with E-state index in [1.54, 1.807) is 0 Å². The maximum absolute atomic E-state index is 2.42. The van der Waals surface area contributed by atoms with Gasteiger partial charge >= 0.3 is 25.8 Å². The third-order valence-electron chi connectivity index (χ3n) is 4.36. The molecule has 2 unspecified atom stereocenters. The zero-order chi connectivity index (χ0) is 14.7. The predicted octanol–water partition coefficient (Wildman–Crippen LogP) is -0.726. The molecule has 4 rings (SSSR count). The molecule has 4 heteroatoms. The van der Waals surface area contributed by atoms with Gasteiger partial charge in [0.15, 0.2) is 0 Å². The first-order valence-corrected chi connectivity index (χ1v) is 9.99. The first-order valence-electron chi connectivity index (χ1n) is 7.75. The molecule has 0 aliphatic heterocycles. The number of hydrogen-bond donors (Lipinski definition) is 0. The summed E-state index contributed by atoms with van der Waals surface area (Å²) in [5, 5.41) is 4.26. The topological polar surface area (TPSA) is 0 Å². The first-order chi connectivity index (χ1) is 10.2. The maximum atomic E-state index is 2.42. The zero-order valence-corrected chi connectivity index (χ0v) is 20.1. The Morgan fingerprint density at radius 3 is 2.42 bits per heavy atom. The van der Waals surface area contributed by atoms with Crippen LogP contribution in [0, 0.1) is 18.3 Å². The van der Waals surface area contributed by atoms with E-state index in [1.807, 2.05) is 0 Å². The minimum absolute atomic E-state index is 0. The summed E-state index contributed by atoms with van der Waals surface area (Å²) in [4.78, 5) is 0. The third kappa shape index (κ3) is 6.17. The second kappa shape index (κ2) is 11.7. The van der Waals surface area contributed by atoms with Gasteiger partial charge in [-0.3, -0.25) is 0 Å². The Balaban J connectivity index is 0.000000402. The monoisotopic (exact) mass is 544 g/mol. The van der Waals surface area contributed by atoms with Crippen molar-refractivity contribution in [2.45, 2.75) is 12.8 Å². The van der Waals surface area contributed by atoms with Crippen LogP contribution in [-0.4, -0.2) is 13.3 Å². The Hall–Kier alpha value is 0.190. The van der Waals surface area contributed by atoms with Crippen LogP contribution in [0.1, 0.15) is 12.8 Å². The second-order valence-corrected chi connectivity index (χ2v) is 8.37. The summed E-state index contributed by atoms with van der Waals surface area (Å²) in [6.45, 7) is 4.59. The quantitative estimate of drug-likeness (QED) is 0.253. The van der Waals surface area contributed by atoms with Crippen molar-refractivity contribution in [3.8, 4) is 0 Å². The molecule has 0 bridgehead atoms. The molecule has 126 valence electrons. The van der Waals surface area contributed by atoms with Gasteiger partial charge in [0.05, 0.1) is 0 Å². The summed E-state index contributed by atoms with van der Waals surface area (Å²) < 4.78 is 0. The molecule has 0 aromatic heterocycles. The molecule has 1 saturated carbocycles. The van der Waals surface area contributed by atoms with Crippen LogP contribution < -0.4 is 30.1 Å². The molecule has 0 amide bonds. The van der Waals surface area contributed by atoms with Crippen LogP contribution in [0.3, 0.4) is 0 Å². The van der Waals surface area contributed by atoms with Crippen LogP contribution in [0.25, 0.3) is 10.8 Å². The van der Waals surface area contributed by atoms with Crippen LogP contribution in [0.4, 0.5) is 0 Å². The van der Waals surface area contributed by atoms with Gasteiger partial charge in [0.25, 0.3) is 0 Å². The van der Waals surface area contributed by atoms with Crippen LogP contribution in [0.15, 0.2) is 60.7 Å². The van der Waals surface area contributed by atoms with E-state index in [0.29, 0.717) is 0 Å². The molecule has 2 aromatic rings. The predicted molar refractivity (Wildman–Crippen MR) is 96.7 cm³/mol. The largest absolute Gasteiger partial charge is 4.00 e. The Morgan fingerprint density at radius 2 is 1.75 bits per heavy atom. The minimum atomic E-state index is 0. The number of allylic oxidation sites excluding steroid dienone is 4. The number of rotatable bonds is 1. The van der Waals surface area contributed by atoms with Crippen LogP contribution >= 0.6 is 7.92 Å². The SMILES string of the molecule is C1=CC2[CH-]CCC2C=C1.CP(C)c1cc2ccccc2[cH-]1.[Cl-].[Cl-].[Hf+4]. The Bertz CT molecular complexity index is 609. The summed E-state index contributed by atoms with van der Waals surface area (Å²) in [7, 11) is 0.0576. The van der Waals surface area contributed by atoms with Crippen molar-refractivity contribution in [2.24, 2.45) is 11.8 Å². The summed E-state index contributed by atoms with van der Waals surface area (Å²) >= 11 is 0. The van der Waals surface area contributed by atoms with Crippen LogP contribution in [-0.2, 0) is 25.8 Å². The molecule has 2 aliphatic carbocycles. The zero-order valence-electron chi connectivity index (χ0n) is 14.1. The number of benzene rings is 1. The maximum Gasteiger partial charge on any atom is 4.00 e. The fourth-order valence-electron chi connectivity index (χ4n) is 3.09. The minimum Gasteiger partial charge on any atom is -1.00 e. The van der Waals surface area contributed by atoms with Crippen molar-refractivity contribution >= 4 is 24.0 Å². The number of hydrogen-bond acceptors (Lipinski definition) is 0. The van der Waals surface area contributed by atoms with Crippen molar-refractivity contribution in [1.29, 1.82) is 0 Å². The summed E-state index contributed by atoms with van der Waals surface area (Å²) in [5.74, 6) is 1.62.